The maximum absolute atomic E-state index is 5.07. The second-order valence-corrected chi connectivity index (χ2v) is 6.84. The number of anilines is 1. The Morgan fingerprint density at radius 2 is 2.14 bits per heavy atom. The fourth-order valence-electron chi connectivity index (χ4n) is 2.39. The number of nitrogens with zero attached hydrogens (tertiary/aromatic N) is 4. The number of hydrogen-bond donors (Lipinski definition) is 0. The highest BCUT2D eigenvalue weighted by Crippen LogP contribution is 2.20. The van der Waals surface area contributed by atoms with E-state index < -0.39 is 0 Å². The Morgan fingerprint density at radius 3 is 2.86 bits per heavy atom. The predicted molar refractivity (Wildman–Crippen MR) is 87.3 cm³/mol. The van der Waals surface area contributed by atoms with Gasteiger partial charge in [-0.3, -0.25) is 4.90 Å². The van der Waals surface area contributed by atoms with E-state index in [1.807, 2.05) is 11.3 Å². The van der Waals surface area contributed by atoms with Crippen molar-refractivity contribution in [3.63, 3.8) is 0 Å². The molecule has 1 saturated heterocycles. The Bertz CT molecular complexity index is 535. The molecular weight excluding hydrogens is 304 g/mol. The Labute approximate surface area is 133 Å². The minimum absolute atomic E-state index is 0.685. The average Bonchev–Trinajstić information content (AvgIpc) is 3.17. The average molecular weight is 324 g/mol. The predicted octanol–water partition coefficient (Wildman–Crippen LogP) is 2.11. The van der Waals surface area contributed by atoms with Crippen LogP contribution in [0.15, 0.2) is 17.5 Å². The fourth-order valence-corrected chi connectivity index (χ4v) is 3.90. The Hall–Kier alpha value is -1.02. The van der Waals surface area contributed by atoms with Gasteiger partial charge < -0.3 is 9.64 Å². The molecule has 1 fully saturated rings. The molecular formula is C14H20N4OS2. The molecule has 0 radical (unpaired) electrons. The molecule has 114 valence electrons. The van der Waals surface area contributed by atoms with Crippen LogP contribution < -0.4 is 4.90 Å². The summed E-state index contributed by atoms with van der Waals surface area (Å²) in [6, 6.07) is 4.34. The van der Waals surface area contributed by atoms with Crippen LogP contribution >= 0.6 is 22.9 Å². The van der Waals surface area contributed by atoms with Crippen LogP contribution in [0.1, 0.15) is 10.7 Å². The summed E-state index contributed by atoms with van der Waals surface area (Å²) < 4.78 is 9.48. The second kappa shape index (κ2) is 7.31. The van der Waals surface area contributed by atoms with Crippen molar-refractivity contribution in [3.8, 4) is 0 Å². The van der Waals surface area contributed by atoms with Crippen molar-refractivity contribution >= 4 is 28.0 Å². The van der Waals surface area contributed by atoms with E-state index in [1.165, 1.54) is 16.4 Å². The largest absolute Gasteiger partial charge is 0.384 e. The monoisotopic (exact) mass is 324 g/mol. The lowest BCUT2D eigenvalue weighted by Gasteiger charge is -2.34. The first-order chi connectivity index (χ1) is 10.3. The number of rotatable bonds is 6. The summed E-state index contributed by atoms with van der Waals surface area (Å²) in [5, 5.41) is 3.20. The minimum atomic E-state index is 0.685. The number of hydrogen-bond acceptors (Lipinski definition) is 7. The molecule has 1 aliphatic heterocycles. The Balaban J connectivity index is 1.49. The maximum Gasteiger partial charge on any atom is 0.205 e. The molecule has 0 aliphatic carbocycles. The molecule has 1 aliphatic rings. The molecule has 0 atom stereocenters. The van der Waals surface area contributed by atoms with Gasteiger partial charge in [-0.25, -0.2) is 4.98 Å². The van der Waals surface area contributed by atoms with E-state index in [9.17, 15) is 0 Å². The first kappa shape index (κ1) is 14.9. The molecule has 0 spiro atoms. The van der Waals surface area contributed by atoms with Crippen molar-refractivity contribution in [1.29, 1.82) is 0 Å². The van der Waals surface area contributed by atoms with Crippen molar-refractivity contribution in [2.45, 2.75) is 13.0 Å². The standard InChI is InChI=1S/C14H20N4OS2/c1-19-9-4-13-15-14(21-16-13)18-7-5-17(6-8-18)11-12-3-2-10-20-12/h2-3,10H,4-9,11H2,1H3. The first-order valence-corrected chi connectivity index (χ1v) is 8.81. The van der Waals surface area contributed by atoms with Gasteiger partial charge in [0.25, 0.3) is 0 Å². The van der Waals surface area contributed by atoms with E-state index in [1.54, 1.807) is 7.11 Å². The van der Waals surface area contributed by atoms with Crippen LogP contribution in [0, 0.1) is 0 Å². The minimum Gasteiger partial charge on any atom is -0.384 e. The molecule has 0 amide bonds. The quantitative estimate of drug-likeness (QED) is 0.814. The van der Waals surface area contributed by atoms with Gasteiger partial charge in [-0.15, -0.1) is 11.3 Å². The highest BCUT2D eigenvalue weighted by atomic mass is 32.1. The highest BCUT2D eigenvalue weighted by molar-refractivity contribution is 7.10. The van der Waals surface area contributed by atoms with Gasteiger partial charge in [0.05, 0.1) is 6.61 Å². The zero-order valence-electron chi connectivity index (χ0n) is 12.2. The van der Waals surface area contributed by atoms with Gasteiger partial charge in [0.2, 0.25) is 5.13 Å². The van der Waals surface area contributed by atoms with E-state index in [4.69, 9.17) is 4.74 Å². The summed E-state index contributed by atoms with van der Waals surface area (Å²) in [6.07, 6.45) is 0.797. The molecule has 7 heteroatoms. The third-order valence-corrected chi connectivity index (χ3v) is 5.27. The number of piperazine rings is 1. The third-order valence-electron chi connectivity index (χ3n) is 3.59. The molecule has 0 saturated carbocycles. The van der Waals surface area contributed by atoms with E-state index >= 15 is 0 Å². The van der Waals surface area contributed by atoms with Crippen molar-refractivity contribution < 1.29 is 4.74 Å². The molecule has 3 heterocycles. The molecule has 2 aromatic rings. The number of aromatic nitrogens is 2. The van der Waals surface area contributed by atoms with Crippen molar-refractivity contribution in [2.24, 2.45) is 0 Å². The Morgan fingerprint density at radius 1 is 1.29 bits per heavy atom. The first-order valence-electron chi connectivity index (χ1n) is 7.16. The highest BCUT2D eigenvalue weighted by Gasteiger charge is 2.20. The SMILES string of the molecule is COCCc1nsc(N2CCN(Cc3cccs3)CC2)n1. The van der Waals surface area contributed by atoms with Crippen LogP contribution in [-0.4, -0.2) is 54.2 Å². The molecule has 5 nitrogen and oxygen atoms in total. The summed E-state index contributed by atoms with van der Waals surface area (Å²) in [4.78, 5) is 10.9. The van der Waals surface area contributed by atoms with Gasteiger partial charge in [-0.2, -0.15) is 4.37 Å². The van der Waals surface area contributed by atoms with Crippen LogP contribution in [0.3, 0.4) is 0 Å². The van der Waals surface area contributed by atoms with Crippen LogP contribution in [0.2, 0.25) is 0 Å². The fraction of sp³-hybridized carbons (Fsp3) is 0.571. The molecule has 0 bridgehead atoms. The summed E-state index contributed by atoms with van der Waals surface area (Å²) in [5.74, 6) is 0.901. The summed E-state index contributed by atoms with van der Waals surface area (Å²) in [6.45, 7) is 6.00. The maximum atomic E-state index is 5.07. The van der Waals surface area contributed by atoms with Crippen LogP contribution in [0.4, 0.5) is 5.13 Å². The van der Waals surface area contributed by atoms with Gasteiger partial charge in [-0.1, -0.05) is 6.07 Å². The van der Waals surface area contributed by atoms with Gasteiger partial charge in [-0.05, 0) is 11.4 Å². The number of methoxy groups -OCH3 is 1. The molecule has 2 aromatic heterocycles. The lowest BCUT2D eigenvalue weighted by Crippen LogP contribution is -2.45. The molecule has 0 aromatic carbocycles. The molecule has 3 rings (SSSR count). The second-order valence-electron chi connectivity index (χ2n) is 5.08. The number of thiophene rings is 1. The zero-order chi connectivity index (χ0) is 14.5. The van der Waals surface area contributed by atoms with Gasteiger partial charge in [0, 0.05) is 62.7 Å². The summed E-state index contributed by atoms with van der Waals surface area (Å²) >= 11 is 3.34. The zero-order valence-corrected chi connectivity index (χ0v) is 13.8. The van der Waals surface area contributed by atoms with Crippen LogP contribution in [-0.2, 0) is 17.7 Å². The van der Waals surface area contributed by atoms with E-state index in [0.29, 0.717) is 6.61 Å². The normalized spacial score (nSPS) is 16.5. The van der Waals surface area contributed by atoms with Gasteiger partial charge >= 0.3 is 0 Å². The van der Waals surface area contributed by atoms with Crippen LogP contribution in [0.25, 0.3) is 0 Å². The van der Waals surface area contributed by atoms with Gasteiger partial charge in [0.15, 0.2) is 0 Å². The third kappa shape index (κ3) is 4.00. The lowest BCUT2D eigenvalue weighted by atomic mass is 10.3. The molecule has 0 N–H and O–H groups in total. The topological polar surface area (TPSA) is 41.5 Å². The van der Waals surface area contributed by atoms with Crippen molar-refractivity contribution in [1.82, 2.24) is 14.3 Å². The van der Waals surface area contributed by atoms with E-state index in [2.05, 4.69) is 36.7 Å². The number of ether oxygens (including phenoxy) is 1. The molecule has 0 unspecified atom stereocenters. The summed E-state index contributed by atoms with van der Waals surface area (Å²) in [7, 11) is 1.71. The molecule has 21 heavy (non-hydrogen) atoms. The van der Waals surface area contributed by atoms with Crippen molar-refractivity contribution in [2.75, 3.05) is 44.8 Å². The smallest absolute Gasteiger partial charge is 0.205 e. The Kier molecular flexibility index (Phi) is 5.18. The van der Waals surface area contributed by atoms with Crippen LogP contribution in [0.5, 0.6) is 0 Å². The van der Waals surface area contributed by atoms with Gasteiger partial charge in [0.1, 0.15) is 5.82 Å². The van der Waals surface area contributed by atoms with E-state index in [-0.39, 0.29) is 0 Å². The van der Waals surface area contributed by atoms with Crippen molar-refractivity contribution in [3.05, 3.63) is 28.2 Å². The summed E-state index contributed by atoms with van der Waals surface area (Å²) in [5.41, 5.74) is 0. The van der Waals surface area contributed by atoms with E-state index in [0.717, 1.165) is 50.1 Å². The lowest BCUT2D eigenvalue weighted by molar-refractivity contribution is 0.201.